The fraction of sp³-hybridized carbons (Fsp3) is 0.421. The molecule has 0 aliphatic carbocycles. The van der Waals surface area contributed by atoms with Crippen molar-refractivity contribution in [3.05, 3.63) is 41.5 Å². The van der Waals surface area contributed by atoms with Gasteiger partial charge in [-0.25, -0.2) is 9.18 Å². The summed E-state index contributed by atoms with van der Waals surface area (Å²) >= 11 is 1.72. The molecule has 2 aliphatic heterocycles. The Morgan fingerprint density at radius 2 is 2.28 bits per heavy atom. The quantitative estimate of drug-likeness (QED) is 0.696. The van der Waals surface area contributed by atoms with E-state index in [4.69, 9.17) is 4.74 Å². The van der Waals surface area contributed by atoms with Crippen LogP contribution in [-0.2, 0) is 28.5 Å². The maximum atomic E-state index is 14.9. The molecule has 0 radical (unpaired) electrons. The first-order chi connectivity index (χ1) is 13.9. The van der Waals surface area contributed by atoms with Crippen LogP contribution in [0.1, 0.15) is 18.2 Å². The van der Waals surface area contributed by atoms with E-state index in [0.29, 0.717) is 24.5 Å². The van der Waals surface area contributed by atoms with E-state index >= 15 is 0 Å². The highest BCUT2D eigenvalue weighted by atomic mass is 32.2. The molecule has 2 aliphatic rings. The molecule has 0 saturated carbocycles. The summed E-state index contributed by atoms with van der Waals surface area (Å²) in [6.45, 7) is 3.15. The Bertz CT molecular complexity index is 926. The highest BCUT2D eigenvalue weighted by Crippen LogP contribution is 2.32. The Hall–Kier alpha value is -2.75. The van der Waals surface area contributed by atoms with Gasteiger partial charge >= 0.3 is 6.09 Å². The molecule has 0 unspecified atom stereocenters. The van der Waals surface area contributed by atoms with Gasteiger partial charge in [-0.15, -0.1) is 4.68 Å². The van der Waals surface area contributed by atoms with Gasteiger partial charge in [0.1, 0.15) is 17.6 Å². The third kappa shape index (κ3) is 4.02. The van der Waals surface area contributed by atoms with E-state index in [0.717, 1.165) is 17.1 Å². The molecular weight excluding hydrogens is 397 g/mol. The number of nitrogens with zero attached hydrogens (tertiary/aromatic N) is 3. The topological polar surface area (TPSA) is 81.6 Å². The maximum Gasteiger partial charge on any atom is 0.414 e. The van der Waals surface area contributed by atoms with Crippen LogP contribution in [0.25, 0.3) is 0 Å². The second-order valence-corrected chi connectivity index (χ2v) is 8.01. The number of hydrogen-bond acceptors (Lipinski definition) is 5. The Kier molecular flexibility index (Phi) is 5.35. The van der Waals surface area contributed by atoms with Crippen LogP contribution in [0.2, 0.25) is 0 Å². The zero-order chi connectivity index (χ0) is 20.5. The second-order valence-electron chi connectivity index (χ2n) is 7.18. The third-order valence-electron chi connectivity index (χ3n) is 4.99. The van der Waals surface area contributed by atoms with Gasteiger partial charge in [0.15, 0.2) is 0 Å². The molecule has 8 nitrogen and oxygen atoms in total. The molecule has 10 heteroatoms. The molecular formula is C19H23FN5O3S+. The van der Waals surface area contributed by atoms with Gasteiger partial charge in [0, 0.05) is 6.92 Å². The minimum absolute atomic E-state index is 0.190. The summed E-state index contributed by atoms with van der Waals surface area (Å²) in [6, 6.07) is 4.78. The molecule has 3 heterocycles. The summed E-state index contributed by atoms with van der Waals surface area (Å²) in [5, 5.41) is 5.96. The zero-order valence-electron chi connectivity index (χ0n) is 16.3. The molecule has 1 fully saturated rings. The molecule has 1 atom stereocenters. The van der Waals surface area contributed by atoms with Crippen molar-refractivity contribution in [3.8, 4) is 0 Å². The fourth-order valence-electron chi connectivity index (χ4n) is 3.66. The summed E-state index contributed by atoms with van der Waals surface area (Å²) in [4.78, 5) is 26.5. The number of rotatable bonds is 6. The smallest absolute Gasteiger partial charge is 0.414 e. The first-order valence-corrected chi connectivity index (χ1v) is 10.7. The molecule has 29 heavy (non-hydrogen) atoms. The van der Waals surface area contributed by atoms with Crippen molar-refractivity contribution in [2.45, 2.75) is 32.0 Å². The van der Waals surface area contributed by atoms with Crippen molar-refractivity contribution >= 4 is 35.1 Å². The van der Waals surface area contributed by atoms with Crippen molar-refractivity contribution in [2.24, 2.45) is 0 Å². The van der Waals surface area contributed by atoms with Crippen LogP contribution in [0, 0.1) is 5.82 Å². The van der Waals surface area contributed by atoms with Gasteiger partial charge in [-0.1, -0.05) is 11.8 Å². The number of fused-ring (bicyclic) bond motifs is 1. The number of nitrogens with one attached hydrogen (secondary N) is 2. The van der Waals surface area contributed by atoms with E-state index in [-0.39, 0.29) is 24.8 Å². The van der Waals surface area contributed by atoms with E-state index in [2.05, 4.69) is 16.6 Å². The number of carbonyl (C=O) groups excluding carboxylic acids is 2. The van der Waals surface area contributed by atoms with E-state index in [1.807, 2.05) is 15.8 Å². The van der Waals surface area contributed by atoms with Gasteiger partial charge in [-0.05, 0) is 24.5 Å². The normalized spacial score (nSPS) is 18.2. The lowest BCUT2D eigenvalue weighted by atomic mass is 10.2. The predicted molar refractivity (Wildman–Crippen MR) is 107 cm³/mol. The molecule has 0 bridgehead atoms. The highest BCUT2D eigenvalue weighted by Gasteiger charge is 2.33. The molecule has 154 valence electrons. The Balaban J connectivity index is 1.44. The van der Waals surface area contributed by atoms with Crippen LogP contribution in [0.4, 0.5) is 20.6 Å². The lowest BCUT2D eigenvalue weighted by Gasteiger charge is -2.20. The van der Waals surface area contributed by atoms with Crippen molar-refractivity contribution in [3.63, 3.8) is 0 Å². The van der Waals surface area contributed by atoms with Crippen molar-refractivity contribution in [2.75, 3.05) is 29.1 Å². The van der Waals surface area contributed by atoms with Crippen molar-refractivity contribution in [1.29, 1.82) is 0 Å². The first-order valence-electron chi connectivity index (χ1n) is 9.31. The number of ether oxygens (including phenoxy) is 1. The number of hydrogen-bond donors (Lipinski definition) is 2. The van der Waals surface area contributed by atoms with Crippen LogP contribution >= 0.6 is 11.8 Å². The van der Waals surface area contributed by atoms with E-state index in [9.17, 15) is 14.0 Å². The zero-order valence-corrected chi connectivity index (χ0v) is 17.1. The number of amides is 2. The van der Waals surface area contributed by atoms with Gasteiger partial charge in [-0.2, -0.15) is 5.10 Å². The van der Waals surface area contributed by atoms with Gasteiger partial charge in [-0.3, -0.25) is 9.69 Å². The summed E-state index contributed by atoms with van der Waals surface area (Å²) < 4.78 is 22.1. The highest BCUT2D eigenvalue weighted by molar-refractivity contribution is 7.97. The lowest BCUT2D eigenvalue weighted by Crippen LogP contribution is -2.34. The number of halogens is 1. The largest absolute Gasteiger partial charge is 0.442 e. The van der Waals surface area contributed by atoms with Crippen LogP contribution in [0.3, 0.4) is 0 Å². The molecule has 1 aromatic heterocycles. The molecule has 1 aromatic carbocycles. The number of H-pyrrole nitrogens is 1. The van der Waals surface area contributed by atoms with Crippen LogP contribution < -0.4 is 19.8 Å². The van der Waals surface area contributed by atoms with Crippen LogP contribution in [-0.4, -0.2) is 42.5 Å². The monoisotopic (exact) mass is 420 g/mol. The summed E-state index contributed by atoms with van der Waals surface area (Å²) in [5.41, 5.74) is 3.19. The number of aromatic nitrogens is 2. The molecule has 2 aromatic rings. The Labute approximate surface area is 172 Å². The minimum atomic E-state index is -0.540. The molecule has 2 amide bonds. The van der Waals surface area contributed by atoms with Gasteiger partial charge in [0.25, 0.3) is 0 Å². The van der Waals surface area contributed by atoms with Gasteiger partial charge < -0.3 is 15.0 Å². The Morgan fingerprint density at radius 3 is 2.97 bits per heavy atom. The lowest BCUT2D eigenvalue weighted by molar-refractivity contribution is -0.731. The maximum absolute atomic E-state index is 14.9. The second kappa shape index (κ2) is 7.94. The number of cyclic esters (lactones) is 1. The van der Waals surface area contributed by atoms with Crippen LogP contribution in [0.5, 0.6) is 0 Å². The number of carbonyl (C=O) groups is 2. The molecule has 0 spiro atoms. The number of thioether (sulfide) groups is 1. The van der Waals surface area contributed by atoms with E-state index < -0.39 is 12.2 Å². The summed E-state index contributed by atoms with van der Waals surface area (Å²) in [6.07, 6.45) is 3.11. The van der Waals surface area contributed by atoms with Gasteiger partial charge in [0.05, 0.1) is 43.1 Å². The SMILES string of the molecule is CSC[n+]1cc2c([nH]1)CN(c1ccc(N3C[C@H](CNC(C)=O)OC3=O)cc1F)C2. The minimum Gasteiger partial charge on any atom is -0.442 e. The molecule has 4 rings (SSSR count). The summed E-state index contributed by atoms with van der Waals surface area (Å²) in [5.74, 6) is 0.275. The molecule has 1 saturated heterocycles. The average molecular weight is 420 g/mol. The van der Waals surface area contributed by atoms with Crippen molar-refractivity contribution in [1.82, 2.24) is 10.4 Å². The first kappa shape index (κ1) is 19.6. The molecule has 2 N–H and O–H groups in total. The fourth-order valence-corrected chi connectivity index (χ4v) is 4.08. The number of aromatic amines is 1. The van der Waals surface area contributed by atoms with E-state index in [1.165, 1.54) is 17.9 Å². The third-order valence-corrected chi connectivity index (χ3v) is 5.53. The number of anilines is 2. The number of benzene rings is 1. The van der Waals surface area contributed by atoms with Gasteiger partial charge in [0.2, 0.25) is 18.0 Å². The standard InChI is InChI=1S/C19H22FN5O3S/c1-12(26)21-6-15-9-25(19(27)28-15)14-3-4-18(16(20)5-14)23-7-13-8-24(11-29-2)22-17(13)10-23/h3-5,8,15H,6-7,9-11H2,1-2H3,(H,21,26)/p+1/t15-/m0/s1. The average Bonchev–Trinajstić information content (AvgIpc) is 3.33. The van der Waals surface area contributed by atoms with Crippen molar-refractivity contribution < 1.29 is 23.4 Å². The van der Waals surface area contributed by atoms with E-state index in [1.54, 1.807) is 23.9 Å². The Morgan fingerprint density at radius 1 is 1.45 bits per heavy atom. The summed E-state index contributed by atoms with van der Waals surface area (Å²) in [7, 11) is 0. The predicted octanol–water partition coefficient (Wildman–Crippen LogP) is 1.74. The van der Waals surface area contributed by atoms with Crippen LogP contribution in [0.15, 0.2) is 24.4 Å².